The summed E-state index contributed by atoms with van der Waals surface area (Å²) in [5, 5.41) is 0. The lowest BCUT2D eigenvalue weighted by atomic mass is 10.0. The summed E-state index contributed by atoms with van der Waals surface area (Å²) in [6, 6.07) is 4.32. The molecule has 1 aromatic carbocycles. The molecule has 0 spiro atoms. The van der Waals surface area contributed by atoms with E-state index in [2.05, 4.69) is 31.9 Å². The Morgan fingerprint density at radius 1 is 0.792 bits per heavy atom. The molecule has 12 heteroatoms. The van der Waals surface area contributed by atoms with Gasteiger partial charge in [-0.2, -0.15) is 39.5 Å². The van der Waals surface area contributed by atoms with Gasteiger partial charge in [0.1, 0.15) is 5.75 Å². The maximum absolute atomic E-state index is 13.3. The van der Waals surface area contributed by atoms with Crippen LogP contribution in [-0.2, 0) is 0 Å². The zero-order valence-electron chi connectivity index (χ0n) is 11.2. The molecule has 0 aromatic heterocycles. The van der Waals surface area contributed by atoms with Gasteiger partial charge in [0.05, 0.1) is 22.0 Å². The van der Waals surface area contributed by atoms with Crippen LogP contribution in [0.2, 0.25) is 0 Å². The largest absolute Gasteiger partial charge is 0.491 e. The molecule has 0 saturated carbocycles. The lowest BCUT2D eigenvalue weighted by molar-refractivity contribution is -0.397. The summed E-state index contributed by atoms with van der Waals surface area (Å²) in [6.07, 6.45) is -8.88. The van der Waals surface area contributed by atoms with E-state index in [1.165, 1.54) is 18.2 Å². The number of benzene rings is 1. The van der Waals surface area contributed by atoms with Crippen molar-refractivity contribution in [2.45, 2.75) is 30.4 Å². The SMILES string of the molecule is FC(F)(F)C(F)(F)C(F)(F)C(F)(F)CCOc1c(Br)cccc1Br. The molecular formula is C12H7Br2F9O. The second kappa shape index (κ2) is 6.93. The monoisotopic (exact) mass is 496 g/mol. The highest BCUT2D eigenvalue weighted by Gasteiger charge is 2.81. The van der Waals surface area contributed by atoms with Crippen LogP contribution in [0.5, 0.6) is 5.75 Å². The topological polar surface area (TPSA) is 9.23 Å². The lowest BCUT2D eigenvalue weighted by Gasteiger charge is -2.33. The van der Waals surface area contributed by atoms with E-state index in [0.29, 0.717) is 0 Å². The van der Waals surface area contributed by atoms with E-state index < -0.39 is 37.0 Å². The fourth-order valence-electron chi connectivity index (χ4n) is 1.47. The molecule has 1 nitrogen and oxygen atoms in total. The minimum Gasteiger partial charge on any atom is -0.491 e. The third-order valence-corrected chi connectivity index (χ3v) is 4.04. The summed E-state index contributed by atoms with van der Waals surface area (Å²) in [5.74, 6) is -19.3. The van der Waals surface area contributed by atoms with Gasteiger partial charge >= 0.3 is 23.9 Å². The number of hydrogen-bond donors (Lipinski definition) is 0. The average molecular weight is 498 g/mol. The van der Waals surface area contributed by atoms with Crippen LogP contribution in [0, 0.1) is 0 Å². The standard InChI is InChI=1S/C12H7Br2F9O/c13-6-2-1-3-7(14)8(6)24-5-4-9(15,16)10(17,18)11(19,20)12(21,22)23/h1-3H,4-5H2. The van der Waals surface area contributed by atoms with Crippen molar-refractivity contribution >= 4 is 31.9 Å². The molecular weight excluding hydrogens is 491 g/mol. The number of para-hydroxylation sites is 1. The van der Waals surface area contributed by atoms with Crippen LogP contribution in [0.3, 0.4) is 0 Å². The van der Waals surface area contributed by atoms with Gasteiger partial charge in [-0.15, -0.1) is 0 Å². The van der Waals surface area contributed by atoms with Gasteiger partial charge in [-0.3, -0.25) is 0 Å². The summed E-state index contributed by atoms with van der Waals surface area (Å²) >= 11 is 5.93. The van der Waals surface area contributed by atoms with Crippen molar-refractivity contribution in [3.8, 4) is 5.75 Å². The van der Waals surface area contributed by atoms with Crippen molar-refractivity contribution in [1.29, 1.82) is 0 Å². The summed E-state index contributed by atoms with van der Waals surface area (Å²) in [7, 11) is 0. The molecule has 0 aliphatic carbocycles. The molecule has 0 bridgehead atoms. The van der Waals surface area contributed by atoms with Crippen LogP contribution in [0.1, 0.15) is 6.42 Å². The van der Waals surface area contributed by atoms with E-state index in [-0.39, 0.29) is 14.7 Å². The van der Waals surface area contributed by atoms with Gasteiger partial charge in [0.15, 0.2) is 0 Å². The van der Waals surface area contributed by atoms with Crippen molar-refractivity contribution < 1.29 is 44.3 Å². The Hall–Kier alpha value is -0.650. The maximum atomic E-state index is 13.3. The van der Waals surface area contributed by atoms with Crippen molar-refractivity contribution in [3.05, 3.63) is 27.1 Å². The van der Waals surface area contributed by atoms with Gasteiger partial charge in [-0.05, 0) is 44.0 Å². The molecule has 0 aliphatic rings. The number of rotatable bonds is 6. The van der Waals surface area contributed by atoms with Crippen LogP contribution in [-0.4, -0.2) is 30.6 Å². The quantitative estimate of drug-likeness (QED) is 0.410. The third kappa shape index (κ3) is 3.94. The highest BCUT2D eigenvalue weighted by molar-refractivity contribution is 9.11. The maximum Gasteiger partial charge on any atom is 0.460 e. The van der Waals surface area contributed by atoms with Gasteiger partial charge in [0.25, 0.3) is 0 Å². The first-order chi connectivity index (χ1) is 10.6. The van der Waals surface area contributed by atoms with Gasteiger partial charge in [-0.25, -0.2) is 0 Å². The number of alkyl halides is 9. The summed E-state index contributed by atoms with van der Waals surface area (Å²) in [4.78, 5) is 0. The molecule has 0 amide bonds. The Kier molecular flexibility index (Phi) is 6.17. The highest BCUT2D eigenvalue weighted by atomic mass is 79.9. The van der Waals surface area contributed by atoms with Gasteiger partial charge in [0, 0.05) is 0 Å². The number of hydrogen-bond acceptors (Lipinski definition) is 1. The van der Waals surface area contributed by atoms with Crippen LogP contribution < -0.4 is 4.74 Å². The predicted molar refractivity (Wildman–Crippen MR) is 72.9 cm³/mol. The number of halogens is 11. The van der Waals surface area contributed by atoms with E-state index >= 15 is 0 Å². The molecule has 0 radical (unpaired) electrons. The van der Waals surface area contributed by atoms with Crippen molar-refractivity contribution in [3.63, 3.8) is 0 Å². The first-order valence-corrected chi connectivity index (χ1v) is 7.51. The molecule has 0 saturated heterocycles. The molecule has 1 rings (SSSR count). The van der Waals surface area contributed by atoms with E-state index in [1.54, 1.807) is 0 Å². The zero-order chi connectivity index (χ0) is 19.0. The fourth-order valence-corrected chi connectivity index (χ4v) is 2.69. The molecule has 138 valence electrons. The Balaban J connectivity index is 2.90. The van der Waals surface area contributed by atoms with E-state index in [0.717, 1.165) is 0 Å². The highest BCUT2D eigenvalue weighted by Crippen LogP contribution is 2.54. The van der Waals surface area contributed by atoms with Crippen LogP contribution >= 0.6 is 31.9 Å². The van der Waals surface area contributed by atoms with Gasteiger partial charge in [0.2, 0.25) is 0 Å². The Morgan fingerprint density at radius 3 is 1.67 bits per heavy atom. The number of ether oxygens (including phenoxy) is 1. The van der Waals surface area contributed by atoms with E-state index in [9.17, 15) is 39.5 Å². The minimum absolute atomic E-state index is 0.0980. The molecule has 1 aromatic rings. The van der Waals surface area contributed by atoms with Crippen molar-refractivity contribution in [2.75, 3.05) is 6.61 Å². The Labute approximate surface area is 146 Å². The molecule has 0 aliphatic heterocycles. The zero-order valence-corrected chi connectivity index (χ0v) is 14.4. The summed E-state index contributed by atoms with van der Waals surface area (Å²) < 4.78 is 119. The van der Waals surface area contributed by atoms with Crippen LogP contribution in [0.4, 0.5) is 39.5 Å². The van der Waals surface area contributed by atoms with Gasteiger partial charge in [-0.1, -0.05) is 6.07 Å². The molecule has 0 N–H and O–H groups in total. The van der Waals surface area contributed by atoms with Crippen LogP contribution in [0.15, 0.2) is 27.1 Å². The Bertz CT molecular complexity index is 566. The van der Waals surface area contributed by atoms with Crippen molar-refractivity contribution in [1.82, 2.24) is 0 Å². The fraction of sp³-hybridized carbons (Fsp3) is 0.500. The van der Waals surface area contributed by atoms with Crippen LogP contribution in [0.25, 0.3) is 0 Å². The second-order valence-corrected chi connectivity index (χ2v) is 6.21. The lowest BCUT2D eigenvalue weighted by Crippen LogP contribution is -2.61. The average Bonchev–Trinajstić information content (AvgIpc) is 2.40. The van der Waals surface area contributed by atoms with Crippen molar-refractivity contribution in [2.24, 2.45) is 0 Å². The molecule has 0 fully saturated rings. The molecule has 0 unspecified atom stereocenters. The second-order valence-electron chi connectivity index (χ2n) is 4.50. The first-order valence-electron chi connectivity index (χ1n) is 5.92. The normalized spacial score (nSPS) is 14.0. The predicted octanol–water partition coefficient (Wildman–Crippen LogP) is 6.45. The third-order valence-electron chi connectivity index (χ3n) is 2.79. The smallest absolute Gasteiger partial charge is 0.460 e. The summed E-state index contributed by atoms with van der Waals surface area (Å²) in [6.45, 7) is -1.22. The Morgan fingerprint density at radius 2 is 1.25 bits per heavy atom. The molecule has 0 atom stereocenters. The first kappa shape index (κ1) is 21.4. The van der Waals surface area contributed by atoms with E-state index in [1.807, 2.05) is 0 Å². The van der Waals surface area contributed by atoms with Gasteiger partial charge < -0.3 is 4.74 Å². The molecule has 24 heavy (non-hydrogen) atoms. The van der Waals surface area contributed by atoms with E-state index in [4.69, 9.17) is 4.74 Å². The minimum atomic E-state index is -6.89. The molecule has 0 heterocycles. The summed E-state index contributed by atoms with van der Waals surface area (Å²) in [5.41, 5.74) is 0.